The molecule has 2 N–H and O–H groups in total. The molecule has 6 heteroatoms. The highest BCUT2D eigenvalue weighted by Gasteiger charge is 2.33. The van der Waals surface area contributed by atoms with Crippen LogP contribution in [0.15, 0.2) is 4.99 Å². The molecule has 2 fully saturated rings. The van der Waals surface area contributed by atoms with Crippen molar-refractivity contribution >= 4 is 5.96 Å². The molecule has 0 amide bonds. The predicted octanol–water partition coefficient (Wildman–Crippen LogP) is 0.916. The van der Waals surface area contributed by atoms with Crippen LogP contribution >= 0.6 is 0 Å². The number of hydrogen-bond acceptors (Lipinski definition) is 4. The maximum atomic E-state index is 5.78. The highest BCUT2D eigenvalue weighted by atomic mass is 16.5. The van der Waals surface area contributed by atoms with E-state index >= 15 is 0 Å². The van der Waals surface area contributed by atoms with Gasteiger partial charge < -0.3 is 24.8 Å². The van der Waals surface area contributed by atoms with Gasteiger partial charge in [0.2, 0.25) is 0 Å². The molecule has 122 valence electrons. The van der Waals surface area contributed by atoms with E-state index in [9.17, 15) is 0 Å². The van der Waals surface area contributed by atoms with Crippen molar-refractivity contribution in [2.45, 2.75) is 43.8 Å². The average molecular weight is 299 g/mol. The second-order valence-corrected chi connectivity index (χ2v) is 6.18. The lowest BCUT2D eigenvalue weighted by Crippen LogP contribution is -2.52. The third-order valence-electron chi connectivity index (χ3n) is 4.57. The minimum atomic E-state index is -0.149. The van der Waals surface area contributed by atoms with Crippen molar-refractivity contribution in [3.8, 4) is 0 Å². The Morgan fingerprint density at radius 2 is 1.86 bits per heavy atom. The molecule has 2 aliphatic rings. The molecular formula is C15H29N3O3. The molecule has 0 aromatic rings. The second-order valence-electron chi connectivity index (χ2n) is 6.18. The molecule has 0 bridgehead atoms. The van der Waals surface area contributed by atoms with Crippen molar-refractivity contribution in [1.29, 1.82) is 0 Å². The summed E-state index contributed by atoms with van der Waals surface area (Å²) in [6.07, 6.45) is 4.05. The molecule has 2 heterocycles. The van der Waals surface area contributed by atoms with Gasteiger partial charge in [-0.05, 0) is 19.8 Å². The zero-order valence-electron chi connectivity index (χ0n) is 13.5. The Hall–Kier alpha value is -0.850. The first-order valence-electron chi connectivity index (χ1n) is 7.83. The second kappa shape index (κ2) is 7.42. The minimum Gasteiger partial charge on any atom is -0.381 e. The SMILES string of the molecule is CN=C(NCC1(C)CCCO1)NCC1(OC)CCOCC1. The van der Waals surface area contributed by atoms with Crippen LogP contribution in [0.25, 0.3) is 0 Å². The molecule has 0 saturated carbocycles. The molecule has 0 aromatic heterocycles. The van der Waals surface area contributed by atoms with Gasteiger partial charge in [-0.2, -0.15) is 0 Å². The number of rotatable bonds is 5. The largest absolute Gasteiger partial charge is 0.381 e. The Morgan fingerprint density at radius 3 is 2.43 bits per heavy atom. The fourth-order valence-electron chi connectivity index (χ4n) is 2.91. The van der Waals surface area contributed by atoms with E-state index in [1.807, 2.05) is 0 Å². The van der Waals surface area contributed by atoms with Gasteiger partial charge in [-0.3, -0.25) is 4.99 Å². The third-order valence-corrected chi connectivity index (χ3v) is 4.57. The maximum Gasteiger partial charge on any atom is 0.191 e. The van der Waals surface area contributed by atoms with Crippen LogP contribution in [0.3, 0.4) is 0 Å². The first-order valence-corrected chi connectivity index (χ1v) is 7.83. The normalized spacial score (nSPS) is 29.4. The van der Waals surface area contributed by atoms with E-state index in [0.717, 1.165) is 64.6 Å². The van der Waals surface area contributed by atoms with E-state index < -0.39 is 0 Å². The summed E-state index contributed by atoms with van der Waals surface area (Å²) in [5.41, 5.74) is -0.223. The van der Waals surface area contributed by atoms with Gasteiger partial charge in [0.1, 0.15) is 0 Å². The summed E-state index contributed by atoms with van der Waals surface area (Å²) in [7, 11) is 3.56. The maximum absolute atomic E-state index is 5.78. The fourth-order valence-corrected chi connectivity index (χ4v) is 2.91. The molecular weight excluding hydrogens is 270 g/mol. The Labute approximate surface area is 127 Å². The average Bonchev–Trinajstić information content (AvgIpc) is 2.95. The van der Waals surface area contributed by atoms with Gasteiger partial charge in [0.05, 0.1) is 11.2 Å². The molecule has 1 unspecified atom stereocenters. The summed E-state index contributed by atoms with van der Waals surface area (Å²) in [6, 6.07) is 0. The zero-order chi connectivity index (χ0) is 15.2. The van der Waals surface area contributed by atoms with Gasteiger partial charge in [-0.25, -0.2) is 0 Å². The topological polar surface area (TPSA) is 64.1 Å². The van der Waals surface area contributed by atoms with Crippen LogP contribution in [0.5, 0.6) is 0 Å². The lowest BCUT2D eigenvalue weighted by Gasteiger charge is -2.36. The molecule has 1 atom stereocenters. The van der Waals surface area contributed by atoms with Crippen molar-refractivity contribution in [3.63, 3.8) is 0 Å². The molecule has 0 spiro atoms. The zero-order valence-corrected chi connectivity index (χ0v) is 13.5. The first-order chi connectivity index (χ1) is 10.1. The number of methoxy groups -OCH3 is 1. The number of aliphatic imine (C=N–C) groups is 1. The van der Waals surface area contributed by atoms with Gasteiger partial charge in [-0.1, -0.05) is 0 Å². The first kappa shape index (κ1) is 16.5. The van der Waals surface area contributed by atoms with E-state index in [1.165, 1.54) is 0 Å². The minimum absolute atomic E-state index is 0.0742. The Kier molecular flexibility index (Phi) is 5.84. The van der Waals surface area contributed by atoms with Crippen molar-refractivity contribution in [3.05, 3.63) is 0 Å². The Morgan fingerprint density at radius 1 is 1.14 bits per heavy atom. The van der Waals surface area contributed by atoms with Gasteiger partial charge in [0.25, 0.3) is 0 Å². The standard InChI is InChI=1S/C15H29N3O3/c1-14(5-4-8-21-14)11-17-13(16-2)18-12-15(19-3)6-9-20-10-7-15/h4-12H2,1-3H3,(H2,16,17,18). The van der Waals surface area contributed by atoms with Crippen molar-refractivity contribution in [1.82, 2.24) is 10.6 Å². The molecule has 2 aliphatic heterocycles. The van der Waals surface area contributed by atoms with Crippen LogP contribution in [-0.2, 0) is 14.2 Å². The lowest BCUT2D eigenvalue weighted by atomic mass is 9.94. The molecule has 0 aromatic carbocycles. The molecule has 0 radical (unpaired) electrons. The van der Waals surface area contributed by atoms with E-state index in [1.54, 1.807) is 14.2 Å². The summed E-state index contributed by atoms with van der Waals surface area (Å²) in [5, 5.41) is 6.73. The van der Waals surface area contributed by atoms with Gasteiger partial charge >= 0.3 is 0 Å². The Balaban J connectivity index is 1.79. The number of nitrogens with zero attached hydrogens (tertiary/aromatic N) is 1. The van der Waals surface area contributed by atoms with Crippen molar-refractivity contribution < 1.29 is 14.2 Å². The highest BCUT2D eigenvalue weighted by Crippen LogP contribution is 2.24. The summed E-state index contributed by atoms with van der Waals surface area (Å²) in [4.78, 5) is 4.28. The highest BCUT2D eigenvalue weighted by molar-refractivity contribution is 5.79. The molecule has 0 aliphatic carbocycles. The van der Waals surface area contributed by atoms with Crippen molar-refractivity contribution in [2.75, 3.05) is 47.1 Å². The van der Waals surface area contributed by atoms with Crippen LogP contribution in [0.4, 0.5) is 0 Å². The Bertz CT molecular complexity index is 348. The number of ether oxygens (including phenoxy) is 3. The molecule has 21 heavy (non-hydrogen) atoms. The van der Waals surface area contributed by atoms with Crippen LogP contribution < -0.4 is 10.6 Å². The van der Waals surface area contributed by atoms with E-state index in [0.29, 0.717) is 0 Å². The number of hydrogen-bond donors (Lipinski definition) is 2. The summed E-state index contributed by atoms with van der Waals surface area (Å²) < 4.78 is 16.9. The van der Waals surface area contributed by atoms with Crippen LogP contribution in [-0.4, -0.2) is 64.2 Å². The smallest absolute Gasteiger partial charge is 0.191 e. The molecule has 2 rings (SSSR count). The van der Waals surface area contributed by atoms with Crippen molar-refractivity contribution in [2.24, 2.45) is 4.99 Å². The summed E-state index contributed by atoms with van der Waals surface area (Å²) >= 11 is 0. The third kappa shape index (κ3) is 4.56. The predicted molar refractivity (Wildman–Crippen MR) is 82.7 cm³/mol. The summed E-state index contributed by atoms with van der Waals surface area (Å²) in [6.45, 7) is 6.03. The lowest BCUT2D eigenvalue weighted by molar-refractivity contribution is -0.0855. The molecule has 6 nitrogen and oxygen atoms in total. The molecule has 2 saturated heterocycles. The number of nitrogens with one attached hydrogen (secondary N) is 2. The van der Waals surface area contributed by atoms with Gasteiger partial charge in [-0.15, -0.1) is 0 Å². The van der Waals surface area contributed by atoms with Crippen LogP contribution in [0.1, 0.15) is 32.6 Å². The quantitative estimate of drug-likeness (QED) is 0.584. The van der Waals surface area contributed by atoms with E-state index in [-0.39, 0.29) is 11.2 Å². The summed E-state index contributed by atoms with van der Waals surface area (Å²) in [5.74, 6) is 0.801. The van der Waals surface area contributed by atoms with Gasteiger partial charge in [0, 0.05) is 59.9 Å². The van der Waals surface area contributed by atoms with Gasteiger partial charge in [0.15, 0.2) is 5.96 Å². The fraction of sp³-hybridized carbons (Fsp3) is 0.933. The van der Waals surface area contributed by atoms with Crippen LogP contribution in [0, 0.1) is 0 Å². The monoisotopic (exact) mass is 299 g/mol. The van der Waals surface area contributed by atoms with Crippen LogP contribution in [0.2, 0.25) is 0 Å². The van der Waals surface area contributed by atoms with E-state index in [2.05, 4.69) is 22.5 Å². The number of guanidine groups is 1. The van der Waals surface area contributed by atoms with E-state index in [4.69, 9.17) is 14.2 Å².